The zero-order valence-corrected chi connectivity index (χ0v) is 11.3. The van der Waals surface area contributed by atoms with Gasteiger partial charge in [-0.15, -0.1) is 0 Å². The summed E-state index contributed by atoms with van der Waals surface area (Å²) in [6.45, 7) is 3.04. The van der Waals surface area contributed by atoms with Gasteiger partial charge < -0.3 is 20.3 Å². The van der Waals surface area contributed by atoms with Gasteiger partial charge >= 0.3 is 0 Å². The van der Waals surface area contributed by atoms with Crippen LogP contribution in [0.15, 0.2) is 0 Å². The van der Waals surface area contributed by atoms with E-state index < -0.39 is 0 Å². The summed E-state index contributed by atoms with van der Waals surface area (Å²) >= 11 is 0. The number of ether oxygens (including phenoxy) is 1. The molecule has 2 bridgehead atoms. The van der Waals surface area contributed by atoms with Gasteiger partial charge in [-0.2, -0.15) is 0 Å². The van der Waals surface area contributed by atoms with Crippen LogP contribution in [0.4, 0.5) is 0 Å². The predicted octanol–water partition coefficient (Wildman–Crippen LogP) is 0.332. The molecule has 4 heteroatoms. The summed E-state index contributed by atoms with van der Waals surface area (Å²) in [5.74, 6) is 0. The minimum absolute atomic E-state index is 0.197. The first-order chi connectivity index (χ1) is 8.74. The van der Waals surface area contributed by atoms with Crippen LogP contribution >= 0.6 is 0 Å². The molecule has 1 spiro atoms. The third-order valence-electron chi connectivity index (χ3n) is 5.67. The van der Waals surface area contributed by atoms with Crippen LogP contribution in [0.2, 0.25) is 0 Å². The van der Waals surface area contributed by atoms with E-state index in [0.29, 0.717) is 6.04 Å². The van der Waals surface area contributed by atoms with Crippen LogP contribution in [-0.2, 0) is 4.74 Å². The van der Waals surface area contributed by atoms with Crippen molar-refractivity contribution in [3.63, 3.8) is 0 Å². The lowest BCUT2D eigenvalue weighted by molar-refractivity contribution is -0.0361. The highest BCUT2D eigenvalue weighted by atomic mass is 16.5. The van der Waals surface area contributed by atoms with Crippen molar-refractivity contribution in [2.24, 2.45) is 0 Å². The second-order valence-electron chi connectivity index (χ2n) is 6.88. The molecule has 2 unspecified atom stereocenters. The lowest BCUT2D eigenvalue weighted by Gasteiger charge is -2.39. The van der Waals surface area contributed by atoms with Crippen molar-refractivity contribution in [1.29, 1.82) is 0 Å². The molecule has 0 aromatic rings. The molecular weight excluding hydrogens is 226 g/mol. The van der Waals surface area contributed by atoms with Gasteiger partial charge in [-0.05, 0) is 39.2 Å². The Kier molecular flexibility index (Phi) is 2.70. The Labute approximate surface area is 109 Å². The highest BCUT2D eigenvalue weighted by molar-refractivity contribution is 5.03. The molecule has 0 aromatic heterocycles. The van der Waals surface area contributed by atoms with Crippen LogP contribution in [0.3, 0.4) is 0 Å². The molecule has 0 amide bonds. The summed E-state index contributed by atoms with van der Waals surface area (Å²) in [5.41, 5.74) is 0.197. The Balaban J connectivity index is 1.33. The molecule has 0 aliphatic carbocycles. The Morgan fingerprint density at radius 1 is 1.17 bits per heavy atom. The van der Waals surface area contributed by atoms with Gasteiger partial charge in [0.05, 0.1) is 12.2 Å². The van der Waals surface area contributed by atoms with E-state index in [0.717, 1.165) is 37.8 Å². The number of rotatable bonds is 2. The fourth-order valence-electron chi connectivity index (χ4n) is 4.48. The third kappa shape index (κ3) is 1.82. The lowest BCUT2D eigenvalue weighted by atomic mass is 9.90. The van der Waals surface area contributed by atoms with Crippen LogP contribution in [0.25, 0.3) is 0 Å². The Morgan fingerprint density at radius 3 is 2.44 bits per heavy atom. The summed E-state index contributed by atoms with van der Waals surface area (Å²) in [5, 5.41) is 7.22. The number of hydrogen-bond acceptors (Lipinski definition) is 4. The van der Waals surface area contributed by atoms with Gasteiger partial charge in [0, 0.05) is 37.3 Å². The molecule has 0 radical (unpaired) electrons. The summed E-state index contributed by atoms with van der Waals surface area (Å²) in [4.78, 5) is 2.61. The zero-order valence-electron chi connectivity index (χ0n) is 11.3. The van der Waals surface area contributed by atoms with Crippen LogP contribution < -0.4 is 10.6 Å². The largest absolute Gasteiger partial charge is 0.371 e. The molecule has 4 rings (SSSR count). The number of nitrogens with one attached hydrogen (secondary N) is 2. The topological polar surface area (TPSA) is 36.5 Å². The highest BCUT2D eigenvalue weighted by Gasteiger charge is 2.46. The molecule has 0 aromatic carbocycles. The summed E-state index contributed by atoms with van der Waals surface area (Å²) < 4.78 is 5.99. The first-order valence-electron chi connectivity index (χ1n) is 7.57. The predicted molar refractivity (Wildman–Crippen MR) is 70.7 cm³/mol. The first-order valence-corrected chi connectivity index (χ1v) is 7.57. The van der Waals surface area contributed by atoms with Gasteiger partial charge in [0.2, 0.25) is 0 Å². The molecule has 4 atom stereocenters. The van der Waals surface area contributed by atoms with E-state index in [1.807, 2.05) is 0 Å². The van der Waals surface area contributed by atoms with Crippen LogP contribution in [0.1, 0.15) is 32.1 Å². The smallest absolute Gasteiger partial charge is 0.0946 e. The molecule has 4 nitrogen and oxygen atoms in total. The van der Waals surface area contributed by atoms with Gasteiger partial charge in [-0.25, -0.2) is 0 Å². The molecule has 4 aliphatic rings. The molecule has 2 N–H and O–H groups in total. The van der Waals surface area contributed by atoms with Gasteiger partial charge in [-0.1, -0.05) is 0 Å². The quantitative estimate of drug-likeness (QED) is 0.742. The Bertz CT molecular complexity index is 317. The van der Waals surface area contributed by atoms with E-state index in [9.17, 15) is 0 Å². The van der Waals surface area contributed by atoms with Gasteiger partial charge in [0.25, 0.3) is 0 Å². The van der Waals surface area contributed by atoms with Gasteiger partial charge in [0.15, 0.2) is 0 Å². The fourth-order valence-corrected chi connectivity index (χ4v) is 4.48. The molecule has 102 valence electrons. The zero-order chi connectivity index (χ0) is 12.2. The van der Waals surface area contributed by atoms with Crippen LogP contribution in [0, 0.1) is 0 Å². The van der Waals surface area contributed by atoms with E-state index >= 15 is 0 Å². The molecule has 4 heterocycles. The van der Waals surface area contributed by atoms with Crippen LogP contribution in [-0.4, -0.2) is 61.4 Å². The fraction of sp³-hybridized carbons (Fsp3) is 1.00. The van der Waals surface area contributed by atoms with E-state index in [-0.39, 0.29) is 5.60 Å². The van der Waals surface area contributed by atoms with Crippen molar-refractivity contribution in [1.82, 2.24) is 15.5 Å². The highest BCUT2D eigenvalue weighted by Crippen LogP contribution is 2.35. The first kappa shape index (κ1) is 11.6. The number of hydrogen-bond donors (Lipinski definition) is 2. The van der Waals surface area contributed by atoms with Gasteiger partial charge in [-0.3, -0.25) is 0 Å². The average Bonchev–Trinajstić information content (AvgIpc) is 2.79. The minimum atomic E-state index is 0.197. The second-order valence-corrected chi connectivity index (χ2v) is 6.88. The molecule has 4 aliphatic heterocycles. The van der Waals surface area contributed by atoms with E-state index in [1.165, 1.54) is 32.1 Å². The average molecular weight is 251 g/mol. The van der Waals surface area contributed by atoms with Crippen LogP contribution in [0.5, 0.6) is 0 Å². The maximum absolute atomic E-state index is 5.99. The van der Waals surface area contributed by atoms with Crippen molar-refractivity contribution in [3.05, 3.63) is 0 Å². The molecule has 0 saturated carbocycles. The number of nitrogens with zero attached hydrogens (tertiary/aromatic N) is 1. The van der Waals surface area contributed by atoms with E-state index in [4.69, 9.17) is 4.74 Å². The standard InChI is InChI=1S/C14H25N3O/c1-17-12-2-3-13(17)5-10(4-12)16-11-6-14(18-7-11)8-15-9-14/h10-13,15-16H,2-9H2,1H3/t10?,11?,12-,13+. The molecule has 18 heavy (non-hydrogen) atoms. The molecule has 4 fully saturated rings. The monoisotopic (exact) mass is 251 g/mol. The maximum Gasteiger partial charge on any atom is 0.0946 e. The SMILES string of the molecule is CN1[C@@H]2CC[C@H]1CC(NC1COC3(CNC3)C1)C2. The molecule has 4 saturated heterocycles. The summed E-state index contributed by atoms with van der Waals surface area (Å²) in [6, 6.07) is 3.00. The molecular formula is C14H25N3O. The minimum Gasteiger partial charge on any atom is -0.371 e. The summed E-state index contributed by atoms with van der Waals surface area (Å²) in [6.07, 6.45) is 6.72. The maximum atomic E-state index is 5.99. The van der Waals surface area contributed by atoms with Crippen molar-refractivity contribution >= 4 is 0 Å². The van der Waals surface area contributed by atoms with Crippen molar-refractivity contribution in [3.8, 4) is 0 Å². The normalized spacial score (nSPS) is 46.5. The Morgan fingerprint density at radius 2 is 1.89 bits per heavy atom. The van der Waals surface area contributed by atoms with Crippen molar-refractivity contribution in [2.75, 3.05) is 26.7 Å². The lowest BCUT2D eigenvalue weighted by Crippen LogP contribution is -2.59. The third-order valence-corrected chi connectivity index (χ3v) is 5.67. The van der Waals surface area contributed by atoms with Crippen molar-refractivity contribution < 1.29 is 4.74 Å². The van der Waals surface area contributed by atoms with E-state index in [2.05, 4.69) is 22.6 Å². The van der Waals surface area contributed by atoms with Gasteiger partial charge in [0.1, 0.15) is 0 Å². The Hall–Kier alpha value is -0.160. The second kappa shape index (κ2) is 4.17. The summed E-state index contributed by atoms with van der Waals surface area (Å²) in [7, 11) is 2.31. The number of fused-ring (bicyclic) bond motifs is 2. The number of piperidine rings is 1. The van der Waals surface area contributed by atoms with Crippen molar-refractivity contribution in [2.45, 2.75) is 61.9 Å². The van der Waals surface area contributed by atoms with E-state index in [1.54, 1.807) is 0 Å².